The lowest BCUT2D eigenvalue weighted by Crippen LogP contribution is -2.35. The molecular weight excluding hydrogens is 266 g/mol. The van der Waals surface area contributed by atoms with Crippen molar-refractivity contribution in [3.8, 4) is 0 Å². The van der Waals surface area contributed by atoms with Crippen LogP contribution >= 0.6 is 0 Å². The third-order valence-corrected chi connectivity index (χ3v) is 5.42. The minimum atomic E-state index is -0.624. The van der Waals surface area contributed by atoms with E-state index >= 15 is 0 Å². The molecule has 2 saturated carbocycles. The molecule has 1 saturated heterocycles. The zero-order valence-corrected chi connectivity index (χ0v) is 12.4. The highest BCUT2D eigenvalue weighted by molar-refractivity contribution is 5.77. The molecule has 3 aliphatic rings. The van der Waals surface area contributed by atoms with Crippen molar-refractivity contribution in [2.24, 2.45) is 11.3 Å². The number of fused-ring (bicyclic) bond motifs is 1. The van der Waals surface area contributed by atoms with Gasteiger partial charge in [-0.05, 0) is 38.5 Å². The second-order valence-electron chi connectivity index (χ2n) is 6.93. The van der Waals surface area contributed by atoms with Crippen LogP contribution < -0.4 is 4.90 Å². The summed E-state index contributed by atoms with van der Waals surface area (Å²) in [5, 5.41) is 9.69. The molecular formula is C16H21N3O2. The number of aliphatic carboxylic acids is 1. The van der Waals surface area contributed by atoms with E-state index in [0.717, 1.165) is 43.1 Å². The second kappa shape index (κ2) is 4.42. The predicted octanol–water partition coefficient (Wildman–Crippen LogP) is 2.35. The van der Waals surface area contributed by atoms with Crippen LogP contribution in [0.25, 0.3) is 0 Å². The van der Waals surface area contributed by atoms with Crippen LogP contribution in [0.3, 0.4) is 0 Å². The monoisotopic (exact) mass is 287 g/mol. The largest absolute Gasteiger partial charge is 0.481 e. The molecule has 112 valence electrons. The van der Waals surface area contributed by atoms with Gasteiger partial charge in [-0.1, -0.05) is 6.42 Å². The molecule has 1 N–H and O–H groups in total. The third-order valence-electron chi connectivity index (χ3n) is 5.42. The van der Waals surface area contributed by atoms with E-state index in [0.29, 0.717) is 12.5 Å². The van der Waals surface area contributed by atoms with Gasteiger partial charge in [0.25, 0.3) is 0 Å². The molecule has 0 aromatic carbocycles. The van der Waals surface area contributed by atoms with E-state index in [1.165, 1.54) is 12.8 Å². The van der Waals surface area contributed by atoms with Crippen LogP contribution in [-0.2, 0) is 4.79 Å². The Morgan fingerprint density at radius 2 is 2.19 bits per heavy atom. The summed E-state index contributed by atoms with van der Waals surface area (Å²) in [6, 6.07) is 2.00. The molecule has 0 amide bonds. The van der Waals surface area contributed by atoms with E-state index in [1.54, 1.807) is 0 Å². The van der Waals surface area contributed by atoms with Gasteiger partial charge in [-0.2, -0.15) is 0 Å². The molecule has 0 bridgehead atoms. The Hall–Kier alpha value is -1.65. The van der Waals surface area contributed by atoms with Crippen molar-refractivity contribution in [3.63, 3.8) is 0 Å². The fourth-order valence-corrected chi connectivity index (χ4v) is 4.07. The van der Waals surface area contributed by atoms with Gasteiger partial charge in [0.1, 0.15) is 11.6 Å². The van der Waals surface area contributed by atoms with E-state index in [9.17, 15) is 9.90 Å². The van der Waals surface area contributed by atoms with Crippen LogP contribution in [0, 0.1) is 18.3 Å². The van der Waals surface area contributed by atoms with Gasteiger partial charge < -0.3 is 10.0 Å². The fourth-order valence-electron chi connectivity index (χ4n) is 4.07. The van der Waals surface area contributed by atoms with Gasteiger partial charge in [0, 0.05) is 30.8 Å². The van der Waals surface area contributed by atoms with Gasteiger partial charge in [0.05, 0.1) is 5.41 Å². The van der Waals surface area contributed by atoms with E-state index in [-0.39, 0.29) is 5.92 Å². The number of nitrogens with zero attached hydrogens (tertiary/aromatic N) is 3. The normalized spacial score (nSPS) is 31.5. The lowest BCUT2D eigenvalue weighted by Gasteiger charge is -2.24. The maximum Gasteiger partial charge on any atom is 0.311 e. The van der Waals surface area contributed by atoms with E-state index < -0.39 is 11.4 Å². The van der Waals surface area contributed by atoms with Gasteiger partial charge in [-0.3, -0.25) is 4.79 Å². The zero-order chi connectivity index (χ0) is 14.6. The van der Waals surface area contributed by atoms with Gasteiger partial charge in [-0.25, -0.2) is 9.97 Å². The SMILES string of the molecule is Cc1cc(N2C[C@@H]3CCC[C@@]3(C(=O)O)C2)nc(C2CC2)n1. The summed E-state index contributed by atoms with van der Waals surface area (Å²) in [5.41, 5.74) is 0.446. The number of carboxylic acids is 1. The Balaban J connectivity index is 1.65. The number of aryl methyl sites for hydroxylation is 1. The van der Waals surface area contributed by atoms with Crippen LogP contribution in [-0.4, -0.2) is 34.1 Å². The summed E-state index contributed by atoms with van der Waals surface area (Å²) in [4.78, 5) is 23.2. The summed E-state index contributed by atoms with van der Waals surface area (Å²) in [6.45, 7) is 3.43. The van der Waals surface area contributed by atoms with Crippen molar-refractivity contribution < 1.29 is 9.90 Å². The van der Waals surface area contributed by atoms with Crippen LogP contribution in [0.5, 0.6) is 0 Å². The van der Waals surface area contributed by atoms with E-state index in [1.807, 2.05) is 13.0 Å². The predicted molar refractivity (Wildman–Crippen MR) is 78.4 cm³/mol. The van der Waals surface area contributed by atoms with Crippen LogP contribution in [0.1, 0.15) is 49.5 Å². The molecule has 5 heteroatoms. The molecule has 3 fully saturated rings. The number of aromatic nitrogens is 2. The number of carbonyl (C=O) groups is 1. The molecule has 2 atom stereocenters. The highest BCUT2D eigenvalue weighted by atomic mass is 16.4. The number of rotatable bonds is 3. The van der Waals surface area contributed by atoms with Gasteiger partial charge in [0.15, 0.2) is 0 Å². The van der Waals surface area contributed by atoms with E-state index in [4.69, 9.17) is 4.98 Å². The summed E-state index contributed by atoms with van der Waals surface area (Å²) < 4.78 is 0. The quantitative estimate of drug-likeness (QED) is 0.924. The molecule has 5 nitrogen and oxygen atoms in total. The number of hydrogen-bond acceptors (Lipinski definition) is 4. The Bertz CT molecular complexity index is 599. The molecule has 0 radical (unpaired) electrons. The Morgan fingerprint density at radius 1 is 1.38 bits per heavy atom. The van der Waals surface area contributed by atoms with Gasteiger partial charge in [0.2, 0.25) is 0 Å². The molecule has 1 aromatic heterocycles. The van der Waals surface area contributed by atoms with Crippen molar-refractivity contribution >= 4 is 11.8 Å². The molecule has 2 heterocycles. The lowest BCUT2D eigenvalue weighted by molar-refractivity contribution is -0.149. The fraction of sp³-hybridized carbons (Fsp3) is 0.688. The zero-order valence-electron chi connectivity index (χ0n) is 12.4. The standard InChI is InChI=1S/C16H21N3O2/c1-10-7-13(18-14(17-10)11-4-5-11)19-8-12-3-2-6-16(12,9-19)15(20)21/h7,11-12H,2-6,8-9H2,1H3,(H,20,21)/t12-,16+/m0/s1. The van der Waals surface area contributed by atoms with Crippen molar-refractivity contribution in [1.82, 2.24) is 9.97 Å². The first-order chi connectivity index (χ1) is 10.1. The first-order valence-corrected chi connectivity index (χ1v) is 7.92. The Labute approximate surface area is 124 Å². The van der Waals surface area contributed by atoms with Crippen molar-refractivity contribution in [2.75, 3.05) is 18.0 Å². The van der Waals surface area contributed by atoms with Crippen LogP contribution in [0.15, 0.2) is 6.07 Å². The third kappa shape index (κ3) is 2.01. The molecule has 4 rings (SSSR count). The smallest absolute Gasteiger partial charge is 0.311 e. The van der Waals surface area contributed by atoms with Crippen molar-refractivity contribution in [1.29, 1.82) is 0 Å². The summed E-state index contributed by atoms with van der Waals surface area (Å²) >= 11 is 0. The first-order valence-electron chi connectivity index (χ1n) is 7.92. The lowest BCUT2D eigenvalue weighted by atomic mass is 9.81. The van der Waals surface area contributed by atoms with Gasteiger partial charge >= 0.3 is 5.97 Å². The average molecular weight is 287 g/mol. The molecule has 1 aliphatic heterocycles. The highest BCUT2D eigenvalue weighted by Gasteiger charge is 2.55. The molecule has 21 heavy (non-hydrogen) atoms. The molecule has 0 spiro atoms. The Kier molecular flexibility index (Phi) is 2.75. The number of anilines is 1. The number of carboxylic acid groups (broad SMARTS) is 1. The summed E-state index contributed by atoms with van der Waals surface area (Å²) in [6.07, 6.45) is 5.25. The first kappa shape index (κ1) is 13.0. The number of hydrogen-bond donors (Lipinski definition) is 1. The molecule has 2 aliphatic carbocycles. The topological polar surface area (TPSA) is 66.3 Å². The maximum absolute atomic E-state index is 11.8. The maximum atomic E-state index is 11.8. The molecule has 1 aromatic rings. The summed E-state index contributed by atoms with van der Waals surface area (Å²) in [7, 11) is 0. The summed E-state index contributed by atoms with van der Waals surface area (Å²) in [5.74, 6) is 2.06. The Morgan fingerprint density at radius 3 is 2.86 bits per heavy atom. The van der Waals surface area contributed by atoms with Gasteiger partial charge in [-0.15, -0.1) is 0 Å². The van der Waals surface area contributed by atoms with E-state index in [2.05, 4.69) is 9.88 Å². The highest BCUT2D eigenvalue weighted by Crippen LogP contribution is 2.50. The van der Waals surface area contributed by atoms with Crippen LogP contribution in [0.4, 0.5) is 5.82 Å². The minimum Gasteiger partial charge on any atom is -0.481 e. The average Bonchev–Trinajstić information content (AvgIpc) is 3.09. The second-order valence-corrected chi connectivity index (χ2v) is 6.93. The van der Waals surface area contributed by atoms with Crippen LogP contribution in [0.2, 0.25) is 0 Å². The van der Waals surface area contributed by atoms with Crippen molar-refractivity contribution in [3.05, 3.63) is 17.6 Å². The van der Waals surface area contributed by atoms with Crippen molar-refractivity contribution in [2.45, 2.75) is 44.9 Å². The minimum absolute atomic E-state index is 0.273. The molecule has 0 unspecified atom stereocenters.